The summed E-state index contributed by atoms with van der Waals surface area (Å²) in [6.07, 6.45) is 0.817. The summed E-state index contributed by atoms with van der Waals surface area (Å²) in [5.41, 5.74) is 5.11. The highest BCUT2D eigenvalue weighted by molar-refractivity contribution is 5.99. The molecule has 2 amide bonds. The first kappa shape index (κ1) is 20.0. The normalized spacial score (nSPS) is 13.2. The van der Waals surface area contributed by atoms with E-state index >= 15 is 0 Å². The minimum Gasteiger partial charge on any atom is -0.370 e. The molecular weight excluding hydrogens is 376 g/mol. The van der Waals surface area contributed by atoms with Crippen LogP contribution in [0.1, 0.15) is 35.5 Å². The lowest BCUT2D eigenvalue weighted by Crippen LogP contribution is -2.35. The second-order valence-corrected chi connectivity index (χ2v) is 7.70. The van der Waals surface area contributed by atoms with E-state index in [-0.39, 0.29) is 11.8 Å². The fourth-order valence-corrected chi connectivity index (χ4v) is 4.14. The van der Waals surface area contributed by atoms with Crippen molar-refractivity contribution < 1.29 is 9.59 Å². The molecule has 3 aromatic rings. The predicted molar refractivity (Wildman–Crippen MR) is 120 cm³/mol. The zero-order chi connectivity index (χ0) is 21.1. The third-order valence-corrected chi connectivity index (χ3v) is 5.85. The van der Waals surface area contributed by atoms with Crippen LogP contribution in [0.15, 0.2) is 48.5 Å². The number of anilines is 1. The summed E-state index contributed by atoms with van der Waals surface area (Å²) in [4.78, 5) is 32.1. The first-order chi connectivity index (χ1) is 14.6. The minimum absolute atomic E-state index is 0.0739. The van der Waals surface area contributed by atoms with Crippen molar-refractivity contribution in [1.29, 1.82) is 0 Å². The summed E-state index contributed by atoms with van der Waals surface area (Å²) in [5, 5.41) is 4.07. The van der Waals surface area contributed by atoms with Gasteiger partial charge in [-0.05, 0) is 37.3 Å². The minimum atomic E-state index is -0.0739. The van der Waals surface area contributed by atoms with Crippen molar-refractivity contribution in [2.45, 2.75) is 26.8 Å². The molecule has 4 rings (SSSR count). The number of fused-ring (bicyclic) bond motifs is 3. The van der Waals surface area contributed by atoms with Gasteiger partial charge in [-0.15, -0.1) is 0 Å². The van der Waals surface area contributed by atoms with E-state index in [2.05, 4.69) is 34.3 Å². The molecule has 0 saturated heterocycles. The molecular formula is C24H28N4O2. The van der Waals surface area contributed by atoms with E-state index in [0.29, 0.717) is 18.7 Å². The number of hydrogen-bond donors (Lipinski definition) is 2. The largest absolute Gasteiger partial charge is 0.370 e. The molecule has 0 fully saturated rings. The predicted octanol–water partition coefficient (Wildman–Crippen LogP) is 3.33. The maximum absolute atomic E-state index is 12.8. The van der Waals surface area contributed by atoms with Gasteiger partial charge in [-0.1, -0.05) is 18.2 Å². The first-order valence-corrected chi connectivity index (χ1v) is 10.5. The number of aromatic nitrogens is 1. The van der Waals surface area contributed by atoms with Gasteiger partial charge in [0.25, 0.3) is 5.91 Å². The van der Waals surface area contributed by atoms with E-state index in [4.69, 9.17) is 0 Å². The molecule has 6 heteroatoms. The Morgan fingerprint density at radius 3 is 2.70 bits per heavy atom. The quantitative estimate of drug-likeness (QED) is 0.662. The summed E-state index contributed by atoms with van der Waals surface area (Å²) >= 11 is 0. The van der Waals surface area contributed by atoms with E-state index in [1.54, 1.807) is 6.92 Å². The number of likely N-dealkylation sites (N-methyl/N-ethyl adjacent to an activating group) is 1. The fourth-order valence-electron chi connectivity index (χ4n) is 4.14. The van der Waals surface area contributed by atoms with Gasteiger partial charge in [-0.25, -0.2) is 0 Å². The van der Waals surface area contributed by atoms with Gasteiger partial charge >= 0.3 is 0 Å². The Morgan fingerprint density at radius 2 is 1.97 bits per heavy atom. The third kappa shape index (κ3) is 4.03. The van der Waals surface area contributed by atoms with Crippen LogP contribution in [0.5, 0.6) is 0 Å². The van der Waals surface area contributed by atoms with E-state index in [9.17, 15) is 9.59 Å². The lowest BCUT2D eigenvalue weighted by molar-refractivity contribution is -0.129. The van der Waals surface area contributed by atoms with Crippen LogP contribution >= 0.6 is 0 Å². The Balaban J connectivity index is 1.45. The van der Waals surface area contributed by atoms with Gasteiger partial charge in [0, 0.05) is 79.5 Å². The van der Waals surface area contributed by atoms with Gasteiger partial charge in [0.15, 0.2) is 0 Å². The van der Waals surface area contributed by atoms with Crippen molar-refractivity contribution >= 4 is 28.4 Å². The molecule has 6 nitrogen and oxygen atoms in total. The summed E-state index contributed by atoms with van der Waals surface area (Å²) in [5.74, 6) is 0.0120. The van der Waals surface area contributed by atoms with Crippen LogP contribution in [0.2, 0.25) is 0 Å². The van der Waals surface area contributed by atoms with Crippen LogP contribution in [-0.4, -0.2) is 47.9 Å². The van der Waals surface area contributed by atoms with Gasteiger partial charge in [0.1, 0.15) is 0 Å². The highest BCUT2D eigenvalue weighted by Gasteiger charge is 2.22. The zero-order valence-corrected chi connectivity index (χ0v) is 17.6. The van der Waals surface area contributed by atoms with Crippen molar-refractivity contribution in [3.63, 3.8) is 0 Å². The third-order valence-electron chi connectivity index (χ3n) is 5.85. The smallest absolute Gasteiger partial charge is 0.251 e. The van der Waals surface area contributed by atoms with Crippen molar-refractivity contribution in [2.24, 2.45) is 0 Å². The SMILES string of the molecule is CCN(CCNC(=O)c1ccc2[nH]c3c(c2c1)CN(C(C)=O)CC3)c1ccccc1. The van der Waals surface area contributed by atoms with Gasteiger partial charge in [0.2, 0.25) is 5.91 Å². The van der Waals surface area contributed by atoms with Gasteiger partial charge in [0.05, 0.1) is 0 Å². The lowest BCUT2D eigenvalue weighted by Gasteiger charge is -2.26. The topological polar surface area (TPSA) is 68.4 Å². The van der Waals surface area contributed by atoms with Crippen LogP contribution in [0, 0.1) is 0 Å². The molecule has 0 unspecified atom stereocenters. The lowest BCUT2D eigenvalue weighted by atomic mass is 10.0. The Bertz CT molecular complexity index is 1060. The van der Waals surface area contributed by atoms with Crippen molar-refractivity contribution in [2.75, 3.05) is 31.1 Å². The molecule has 0 radical (unpaired) electrons. The second kappa shape index (κ2) is 8.61. The van der Waals surface area contributed by atoms with E-state index in [1.165, 1.54) is 5.69 Å². The first-order valence-electron chi connectivity index (χ1n) is 10.5. The number of carbonyl (C=O) groups excluding carboxylic acids is 2. The molecule has 0 atom stereocenters. The highest BCUT2D eigenvalue weighted by atomic mass is 16.2. The van der Waals surface area contributed by atoms with Crippen LogP contribution in [-0.2, 0) is 17.8 Å². The molecule has 2 heterocycles. The Hall–Kier alpha value is -3.28. The molecule has 0 spiro atoms. The number of nitrogens with zero attached hydrogens (tertiary/aromatic N) is 2. The fraction of sp³-hybridized carbons (Fsp3) is 0.333. The van der Waals surface area contributed by atoms with Gasteiger partial charge in [-0.3, -0.25) is 9.59 Å². The number of carbonyl (C=O) groups is 2. The molecule has 0 bridgehead atoms. The summed E-state index contributed by atoms with van der Waals surface area (Å²) < 4.78 is 0. The number of hydrogen-bond acceptors (Lipinski definition) is 3. The van der Waals surface area contributed by atoms with E-state index < -0.39 is 0 Å². The number of aromatic amines is 1. The second-order valence-electron chi connectivity index (χ2n) is 7.70. The van der Waals surface area contributed by atoms with Crippen LogP contribution in [0.4, 0.5) is 5.69 Å². The standard InChI is InChI=1S/C24H28N4O2/c1-3-27(19-7-5-4-6-8-19)14-12-25-24(30)18-9-10-22-20(15-18)21-16-28(17(2)29)13-11-23(21)26-22/h4-10,15,26H,3,11-14,16H2,1-2H3,(H,25,30). The number of nitrogens with one attached hydrogen (secondary N) is 2. The van der Waals surface area contributed by atoms with E-state index in [1.807, 2.05) is 41.3 Å². The van der Waals surface area contributed by atoms with Crippen LogP contribution < -0.4 is 10.2 Å². The van der Waals surface area contributed by atoms with Gasteiger partial charge in [-0.2, -0.15) is 0 Å². The average Bonchev–Trinajstić information content (AvgIpc) is 3.14. The number of benzene rings is 2. The molecule has 1 aliphatic rings. The maximum Gasteiger partial charge on any atom is 0.251 e. The summed E-state index contributed by atoms with van der Waals surface area (Å²) in [6, 6.07) is 16.0. The van der Waals surface area contributed by atoms with Crippen LogP contribution in [0.3, 0.4) is 0 Å². The molecule has 2 aromatic carbocycles. The van der Waals surface area contributed by atoms with Crippen molar-refractivity contribution in [3.05, 3.63) is 65.4 Å². The Kier molecular flexibility index (Phi) is 5.74. The highest BCUT2D eigenvalue weighted by Crippen LogP contribution is 2.28. The number of rotatable bonds is 6. The summed E-state index contributed by atoms with van der Waals surface area (Å²) in [7, 11) is 0. The Labute approximate surface area is 176 Å². The maximum atomic E-state index is 12.8. The van der Waals surface area contributed by atoms with Crippen molar-refractivity contribution in [3.8, 4) is 0 Å². The molecule has 1 aliphatic heterocycles. The monoisotopic (exact) mass is 404 g/mol. The zero-order valence-electron chi connectivity index (χ0n) is 17.6. The van der Waals surface area contributed by atoms with E-state index in [0.717, 1.165) is 48.2 Å². The van der Waals surface area contributed by atoms with Gasteiger partial charge < -0.3 is 20.1 Å². The molecule has 1 aromatic heterocycles. The molecule has 2 N–H and O–H groups in total. The number of para-hydroxylation sites is 1. The summed E-state index contributed by atoms with van der Waals surface area (Å²) in [6.45, 7) is 7.25. The molecule has 156 valence electrons. The Morgan fingerprint density at radius 1 is 1.17 bits per heavy atom. The number of H-pyrrole nitrogens is 1. The number of amides is 2. The molecule has 0 saturated carbocycles. The molecule has 0 aliphatic carbocycles. The van der Waals surface area contributed by atoms with Crippen LogP contribution in [0.25, 0.3) is 10.9 Å². The average molecular weight is 405 g/mol. The van der Waals surface area contributed by atoms with Crippen molar-refractivity contribution in [1.82, 2.24) is 15.2 Å². The molecule has 30 heavy (non-hydrogen) atoms.